The van der Waals surface area contributed by atoms with Gasteiger partial charge in [-0.05, 0) is 61.5 Å². The van der Waals surface area contributed by atoms with E-state index in [9.17, 15) is 13.2 Å². The van der Waals surface area contributed by atoms with Crippen LogP contribution in [0.15, 0.2) is 93.9 Å². The summed E-state index contributed by atoms with van der Waals surface area (Å²) < 4.78 is 33.9. The van der Waals surface area contributed by atoms with Crippen LogP contribution in [0.1, 0.15) is 21.5 Å². The van der Waals surface area contributed by atoms with Crippen LogP contribution in [0.4, 0.5) is 5.69 Å². The summed E-state index contributed by atoms with van der Waals surface area (Å²) in [7, 11) is -3.72. The Hall–Kier alpha value is -3.43. The van der Waals surface area contributed by atoms with Crippen LogP contribution in [0.2, 0.25) is 0 Å². The molecular formula is C24H22BrN3O4S. The van der Waals surface area contributed by atoms with Crippen LogP contribution in [0, 0.1) is 6.92 Å². The first-order valence-electron chi connectivity index (χ1n) is 9.85. The number of amides is 1. The number of hydrazone groups is 1. The fraction of sp³-hybridized carbons (Fsp3) is 0.0833. The zero-order valence-electron chi connectivity index (χ0n) is 17.8. The van der Waals surface area contributed by atoms with Crippen LogP contribution in [0.25, 0.3) is 0 Å². The van der Waals surface area contributed by atoms with Crippen molar-refractivity contribution in [3.05, 3.63) is 101 Å². The van der Waals surface area contributed by atoms with Gasteiger partial charge in [-0.3, -0.25) is 9.52 Å². The van der Waals surface area contributed by atoms with E-state index in [1.807, 2.05) is 19.1 Å². The van der Waals surface area contributed by atoms with E-state index in [4.69, 9.17) is 4.74 Å². The maximum Gasteiger partial charge on any atom is 0.271 e. The second-order valence-corrected chi connectivity index (χ2v) is 9.57. The minimum Gasteiger partial charge on any atom is -0.489 e. The Morgan fingerprint density at radius 3 is 2.45 bits per heavy atom. The van der Waals surface area contributed by atoms with Gasteiger partial charge in [0, 0.05) is 21.3 Å². The number of halogens is 1. The minimum absolute atomic E-state index is 0.160. The number of anilines is 1. The van der Waals surface area contributed by atoms with Crippen LogP contribution < -0.4 is 14.9 Å². The summed E-state index contributed by atoms with van der Waals surface area (Å²) in [5, 5.41) is 3.99. The van der Waals surface area contributed by atoms with Crippen molar-refractivity contribution in [2.75, 3.05) is 11.3 Å². The quantitative estimate of drug-likeness (QED) is 0.235. The van der Waals surface area contributed by atoms with Crippen molar-refractivity contribution >= 4 is 43.8 Å². The molecule has 0 aliphatic carbocycles. The van der Waals surface area contributed by atoms with E-state index in [2.05, 4.69) is 37.8 Å². The lowest BCUT2D eigenvalue weighted by atomic mass is 10.2. The molecule has 0 saturated heterocycles. The number of nitrogens with one attached hydrogen (secondary N) is 2. The molecule has 0 heterocycles. The van der Waals surface area contributed by atoms with Crippen molar-refractivity contribution in [1.82, 2.24) is 5.43 Å². The number of rotatable bonds is 9. The lowest BCUT2D eigenvalue weighted by Crippen LogP contribution is -2.18. The molecule has 1 amide bonds. The Morgan fingerprint density at radius 1 is 1.09 bits per heavy atom. The van der Waals surface area contributed by atoms with Crippen LogP contribution in [-0.4, -0.2) is 27.1 Å². The molecule has 7 nitrogen and oxygen atoms in total. The molecule has 0 unspecified atom stereocenters. The number of nitrogens with zero attached hydrogens (tertiary/aromatic N) is 1. The van der Waals surface area contributed by atoms with Crippen molar-refractivity contribution in [3.8, 4) is 5.75 Å². The molecule has 0 fully saturated rings. The van der Waals surface area contributed by atoms with E-state index < -0.39 is 15.9 Å². The third-order valence-electron chi connectivity index (χ3n) is 4.43. The highest BCUT2D eigenvalue weighted by Crippen LogP contribution is 2.22. The summed E-state index contributed by atoms with van der Waals surface area (Å²) in [5.74, 6) is 0.157. The molecule has 0 spiro atoms. The summed E-state index contributed by atoms with van der Waals surface area (Å²) >= 11 is 3.39. The zero-order chi connectivity index (χ0) is 23.8. The number of carbonyl (C=O) groups is 1. The van der Waals surface area contributed by atoms with Gasteiger partial charge in [-0.1, -0.05) is 46.3 Å². The maximum absolute atomic E-state index is 12.5. The summed E-state index contributed by atoms with van der Waals surface area (Å²) in [6, 6.07) is 18.0. The Kier molecular flexibility index (Phi) is 8.02. The first-order valence-corrected chi connectivity index (χ1v) is 12.1. The van der Waals surface area contributed by atoms with Gasteiger partial charge < -0.3 is 4.74 Å². The van der Waals surface area contributed by atoms with Gasteiger partial charge in [-0.2, -0.15) is 5.10 Å². The van der Waals surface area contributed by atoms with E-state index in [0.29, 0.717) is 29.2 Å². The van der Waals surface area contributed by atoms with Crippen LogP contribution in [0.5, 0.6) is 5.75 Å². The van der Waals surface area contributed by atoms with Gasteiger partial charge in [-0.15, -0.1) is 0 Å². The predicted molar refractivity (Wildman–Crippen MR) is 133 cm³/mol. The SMILES string of the molecule is C=CCOc1ccc(Br)cc1/C=N/NC(=O)c1ccc(NS(=O)(=O)c2ccc(C)cc2)cc1. The molecule has 0 radical (unpaired) electrons. The van der Waals surface area contributed by atoms with E-state index in [-0.39, 0.29) is 4.90 Å². The fourth-order valence-corrected chi connectivity index (χ4v) is 4.18. The first kappa shape index (κ1) is 24.2. The number of carbonyl (C=O) groups excluding carboxylic acids is 1. The van der Waals surface area contributed by atoms with E-state index in [1.54, 1.807) is 24.3 Å². The predicted octanol–water partition coefficient (Wildman–Crippen LogP) is 4.89. The normalized spacial score (nSPS) is 11.2. The van der Waals surface area contributed by atoms with Crippen molar-refractivity contribution in [2.24, 2.45) is 5.10 Å². The molecule has 0 atom stereocenters. The van der Waals surface area contributed by atoms with E-state index in [0.717, 1.165) is 10.0 Å². The monoisotopic (exact) mass is 527 g/mol. The molecule has 0 bridgehead atoms. The molecule has 0 aliphatic rings. The third kappa shape index (κ3) is 6.77. The molecule has 0 aromatic heterocycles. The topological polar surface area (TPSA) is 96.9 Å². The molecule has 3 rings (SSSR count). The molecule has 9 heteroatoms. The second-order valence-electron chi connectivity index (χ2n) is 6.98. The molecule has 2 N–H and O–H groups in total. The van der Waals surface area contributed by atoms with Gasteiger partial charge in [0.25, 0.3) is 15.9 Å². The van der Waals surface area contributed by atoms with Gasteiger partial charge in [0.15, 0.2) is 0 Å². The average molecular weight is 528 g/mol. The summed E-state index contributed by atoms with van der Waals surface area (Å²) in [5.41, 5.74) is 4.75. The number of ether oxygens (including phenoxy) is 1. The lowest BCUT2D eigenvalue weighted by molar-refractivity contribution is 0.0955. The molecule has 33 heavy (non-hydrogen) atoms. The van der Waals surface area contributed by atoms with E-state index in [1.165, 1.54) is 42.6 Å². The molecular weight excluding hydrogens is 506 g/mol. The molecule has 3 aromatic rings. The highest BCUT2D eigenvalue weighted by Gasteiger charge is 2.14. The van der Waals surface area contributed by atoms with Gasteiger partial charge in [0.1, 0.15) is 12.4 Å². The molecule has 0 saturated carbocycles. The highest BCUT2D eigenvalue weighted by atomic mass is 79.9. The van der Waals surface area contributed by atoms with Gasteiger partial charge >= 0.3 is 0 Å². The highest BCUT2D eigenvalue weighted by molar-refractivity contribution is 9.10. The Bertz CT molecular complexity index is 1270. The summed E-state index contributed by atoms with van der Waals surface area (Å²) in [6.45, 7) is 5.85. The number of sulfonamides is 1. The summed E-state index contributed by atoms with van der Waals surface area (Å²) in [4.78, 5) is 12.6. The second kappa shape index (κ2) is 10.9. The van der Waals surface area contributed by atoms with E-state index >= 15 is 0 Å². The minimum atomic E-state index is -3.72. The Morgan fingerprint density at radius 2 is 1.79 bits per heavy atom. The standard InChI is InChI=1S/C24H22BrN3O4S/c1-3-14-32-23-13-8-20(25)15-19(23)16-26-27-24(29)18-6-9-21(10-7-18)28-33(30,31)22-11-4-17(2)5-12-22/h3-13,15-16,28H,1,14H2,2H3,(H,27,29)/b26-16+. The third-order valence-corrected chi connectivity index (χ3v) is 6.32. The zero-order valence-corrected chi connectivity index (χ0v) is 20.2. The van der Waals surface area contributed by atoms with Gasteiger partial charge in [0.2, 0.25) is 0 Å². The molecule has 3 aromatic carbocycles. The van der Waals surface area contributed by atoms with Crippen LogP contribution in [0.3, 0.4) is 0 Å². The number of hydrogen-bond acceptors (Lipinski definition) is 5. The van der Waals surface area contributed by atoms with Gasteiger partial charge in [-0.25, -0.2) is 13.8 Å². The Labute approximate surface area is 201 Å². The van der Waals surface area contributed by atoms with Crippen molar-refractivity contribution < 1.29 is 17.9 Å². The lowest BCUT2D eigenvalue weighted by Gasteiger charge is -2.09. The smallest absolute Gasteiger partial charge is 0.271 e. The molecule has 0 aliphatic heterocycles. The van der Waals surface area contributed by atoms with Gasteiger partial charge in [0.05, 0.1) is 11.1 Å². The largest absolute Gasteiger partial charge is 0.489 e. The maximum atomic E-state index is 12.5. The van der Waals surface area contributed by atoms with Crippen molar-refractivity contribution in [3.63, 3.8) is 0 Å². The number of benzene rings is 3. The average Bonchev–Trinajstić information content (AvgIpc) is 2.79. The number of aryl methyl sites for hydroxylation is 1. The molecule has 170 valence electrons. The van der Waals surface area contributed by atoms with Crippen molar-refractivity contribution in [1.29, 1.82) is 0 Å². The van der Waals surface area contributed by atoms with Crippen molar-refractivity contribution in [2.45, 2.75) is 11.8 Å². The number of hydrogen-bond donors (Lipinski definition) is 2. The fourth-order valence-electron chi connectivity index (χ4n) is 2.75. The Balaban J connectivity index is 1.64. The summed E-state index contributed by atoms with van der Waals surface area (Å²) in [6.07, 6.45) is 3.11. The first-order chi connectivity index (χ1) is 15.8. The van der Waals surface area contributed by atoms with Crippen LogP contribution >= 0.6 is 15.9 Å². The van der Waals surface area contributed by atoms with Crippen LogP contribution in [-0.2, 0) is 10.0 Å².